The van der Waals surface area contributed by atoms with Gasteiger partial charge in [0.25, 0.3) is 0 Å². The Labute approximate surface area is 188 Å². The molecule has 0 fully saturated rings. The predicted octanol–water partition coefficient (Wildman–Crippen LogP) is 7.24. The highest BCUT2D eigenvalue weighted by Gasteiger charge is 2.12. The Morgan fingerprint density at radius 3 is 1.42 bits per heavy atom. The van der Waals surface area contributed by atoms with Gasteiger partial charge < -0.3 is 4.74 Å². The van der Waals surface area contributed by atoms with Crippen molar-refractivity contribution in [2.24, 2.45) is 0 Å². The zero-order chi connectivity index (χ0) is 21.3. The molecule has 0 amide bonds. The van der Waals surface area contributed by atoms with Gasteiger partial charge in [-0.15, -0.1) is 0 Å². The van der Waals surface area contributed by atoms with Crippen molar-refractivity contribution < 1.29 is 9.53 Å². The fourth-order valence-electron chi connectivity index (χ4n) is 3.31. The molecule has 0 aliphatic carbocycles. The van der Waals surface area contributed by atoms with Crippen molar-refractivity contribution in [2.75, 3.05) is 0 Å². The summed E-state index contributed by atoms with van der Waals surface area (Å²) < 4.78 is 5.48. The first kappa shape index (κ1) is 24.1. The van der Waals surface area contributed by atoms with Crippen LogP contribution in [0.4, 0.5) is 0 Å². The third-order valence-corrected chi connectivity index (χ3v) is 4.69. The summed E-state index contributed by atoms with van der Waals surface area (Å²) in [5, 5.41) is 0. The molecule has 31 heavy (non-hydrogen) atoms. The van der Waals surface area contributed by atoms with E-state index >= 15 is 0 Å². The Hall–Kier alpha value is -3.22. The molecule has 0 spiro atoms. The van der Waals surface area contributed by atoms with Gasteiger partial charge in [-0.1, -0.05) is 96.6 Å². The standard InChI is InChI=1S/C16H16O2.C12H10.H3P/c1-11-9-12(2)15(13(3)10-11)18-16(17)14-7-5-4-6-8-14;1-3-7-11(8-4-1)12-9-5-2-6-10-12;/h4-10H,1-3H3;1-10H;1H3. The summed E-state index contributed by atoms with van der Waals surface area (Å²) in [5.41, 5.74) is 6.26. The molecular formula is C28H29O2P. The number of aryl methyl sites for hydroxylation is 3. The minimum atomic E-state index is -0.314. The van der Waals surface area contributed by atoms with Crippen LogP contribution in [0.25, 0.3) is 11.1 Å². The first-order valence-electron chi connectivity index (χ1n) is 10.00. The largest absolute Gasteiger partial charge is 0.422 e. The van der Waals surface area contributed by atoms with Gasteiger partial charge in [0.1, 0.15) is 5.75 Å². The number of benzene rings is 4. The van der Waals surface area contributed by atoms with E-state index in [-0.39, 0.29) is 15.9 Å². The van der Waals surface area contributed by atoms with Crippen LogP contribution in [-0.2, 0) is 0 Å². The first-order valence-corrected chi connectivity index (χ1v) is 10.00. The van der Waals surface area contributed by atoms with Crippen LogP contribution in [0.3, 0.4) is 0 Å². The van der Waals surface area contributed by atoms with E-state index in [9.17, 15) is 4.79 Å². The molecule has 4 aromatic carbocycles. The monoisotopic (exact) mass is 428 g/mol. The Kier molecular flexibility index (Phi) is 9.18. The summed E-state index contributed by atoms with van der Waals surface area (Å²) >= 11 is 0. The van der Waals surface area contributed by atoms with Crippen molar-refractivity contribution in [1.82, 2.24) is 0 Å². The Morgan fingerprint density at radius 2 is 1.00 bits per heavy atom. The number of rotatable bonds is 3. The van der Waals surface area contributed by atoms with Gasteiger partial charge in [-0.2, -0.15) is 9.90 Å². The molecule has 0 saturated carbocycles. The molecule has 0 N–H and O–H groups in total. The van der Waals surface area contributed by atoms with E-state index in [1.807, 2.05) is 63.2 Å². The van der Waals surface area contributed by atoms with E-state index in [1.165, 1.54) is 16.7 Å². The van der Waals surface area contributed by atoms with Crippen LogP contribution >= 0.6 is 9.90 Å². The maximum absolute atomic E-state index is 12.0. The molecule has 0 aliphatic heterocycles. The zero-order valence-corrected chi connectivity index (χ0v) is 19.8. The first-order chi connectivity index (χ1) is 14.5. The Balaban J connectivity index is 0.000000229. The molecule has 0 saturated heterocycles. The smallest absolute Gasteiger partial charge is 0.343 e. The van der Waals surface area contributed by atoms with Crippen LogP contribution in [0.2, 0.25) is 0 Å². The highest BCUT2D eigenvalue weighted by atomic mass is 31.0. The molecule has 4 aromatic rings. The molecule has 158 valence electrons. The summed E-state index contributed by atoms with van der Waals surface area (Å²) in [6.45, 7) is 5.93. The fraction of sp³-hybridized carbons (Fsp3) is 0.107. The van der Waals surface area contributed by atoms with Gasteiger partial charge in [0.15, 0.2) is 0 Å². The second-order valence-corrected chi connectivity index (χ2v) is 7.22. The third-order valence-electron chi connectivity index (χ3n) is 4.69. The van der Waals surface area contributed by atoms with Gasteiger partial charge in [0, 0.05) is 0 Å². The Morgan fingerprint density at radius 1 is 0.613 bits per heavy atom. The summed E-state index contributed by atoms with van der Waals surface area (Å²) in [5.74, 6) is 0.347. The van der Waals surface area contributed by atoms with Gasteiger partial charge in [-0.3, -0.25) is 0 Å². The van der Waals surface area contributed by atoms with Crippen molar-refractivity contribution in [1.29, 1.82) is 0 Å². The van der Waals surface area contributed by atoms with E-state index in [0.717, 1.165) is 11.1 Å². The number of carbonyl (C=O) groups is 1. The maximum Gasteiger partial charge on any atom is 0.343 e. The normalized spacial score (nSPS) is 9.65. The van der Waals surface area contributed by atoms with E-state index < -0.39 is 0 Å². The molecule has 0 radical (unpaired) electrons. The lowest BCUT2D eigenvalue weighted by Crippen LogP contribution is -2.10. The summed E-state index contributed by atoms with van der Waals surface area (Å²) in [6.07, 6.45) is 0. The topological polar surface area (TPSA) is 26.3 Å². The summed E-state index contributed by atoms with van der Waals surface area (Å²) in [6, 6.07) is 33.8. The van der Waals surface area contributed by atoms with Crippen LogP contribution in [0, 0.1) is 20.8 Å². The van der Waals surface area contributed by atoms with Crippen LogP contribution in [0.5, 0.6) is 5.75 Å². The third kappa shape index (κ3) is 6.91. The maximum atomic E-state index is 12.0. The fourth-order valence-corrected chi connectivity index (χ4v) is 3.31. The molecule has 1 atom stereocenters. The average Bonchev–Trinajstić information content (AvgIpc) is 2.78. The number of hydrogen-bond donors (Lipinski definition) is 0. The van der Waals surface area contributed by atoms with E-state index in [4.69, 9.17) is 4.74 Å². The second kappa shape index (κ2) is 11.8. The molecule has 2 nitrogen and oxygen atoms in total. The van der Waals surface area contributed by atoms with Gasteiger partial charge >= 0.3 is 5.97 Å². The number of hydrogen-bond acceptors (Lipinski definition) is 2. The van der Waals surface area contributed by atoms with Crippen LogP contribution < -0.4 is 4.74 Å². The lowest BCUT2D eigenvalue weighted by Gasteiger charge is -2.11. The van der Waals surface area contributed by atoms with Gasteiger partial charge in [-0.25, -0.2) is 4.79 Å². The van der Waals surface area contributed by atoms with E-state index in [1.54, 1.807) is 12.1 Å². The van der Waals surface area contributed by atoms with Gasteiger partial charge in [0.2, 0.25) is 0 Å². The predicted molar refractivity (Wildman–Crippen MR) is 135 cm³/mol. The number of ether oxygens (including phenoxy) is 1. The molecule has 0 aliphatic rings. The van der Waals surface area contributed by atoms with Crippen LogP contribution in [0.1, 0.15) is 27.0 Å². The van der Waals surface area contributed by atoms with E-state index in [0.29, 0.717) is 11.3 Å². The zero-order valence-electron chi connectivity index (χ0n) is 18.3. The lowest BCUT2D eigenvalue weighted by molar-refractivity contribution is 0.0732. The molecule has 0 aromatic heterocycles. The van der Waals surface area contributed by atoms with Crippen LogP contribution in [-0.4, -0.2) is 5.97 Å². The molecule has 3 heteroatoms. The highest BCUT2D eigenvalue weighted by Crippen LogP contribution is 2.25. The molecular weight excluding hydrogens is 399 g/mol. The number of esters is 1. The van der Waals surface area contributed by atoms with Crippen molar-refractivity contribution in [3.05, 3.63) is 125 Å². The van der Waals surface area contributed by atoms with Gasteiger partial charge in [-0.05, 0) is 55.2 Å². The molecule has 0 bridgehead atoms. The van der Waals surface area contributed by atoms with Crippen LogP contribution in [0.15, 0.2) is 103 Å². The highest BCUT2D eigenvalue weighted by molar-refractivity contribution is 6.92. The second-order valence-electron chi connectivity index (χ2n) is 7.22. The van der Waals surface area contributed by atoms with Crippen molar-refractivity contribution in [3.63, 3.8) is 0 Å². The molecule has 4 rings (SSSR count). The SMILES string of the molecule is Cc1cc(C)c(OC(=O)c2ccccc2)c(C)c1.P.c1ccc(-c2ccccc2)cc1. The average molecular weight is 429 g/mol. The minimum Gasteiger partial charge on any atom is -0.422 e. The Bertz CT molecular complexity index is 1030. The van der Waals surface area contributed by atoms with Crippen molar-refractivity contribution >= 4 is 15.9 Å². The summed E-state index contributed by atoms with van der Waals surface area (Å²) in [7, 11) is 0. The molecule has 0 heterocycles. The van der Waals surface area contributed by atoms with Crippen molar-refractivity contribution in [2.45, 2.75) is 20.8 Å². The summed E-state index contributed by atoms with van der Waals surface area (Å²) in [4.78, 5) is 12.0. The lowest BCUT2D eigenvalue weighted by atomic mass is 10.1. The number of carbonyl (C=O) groups excluding carboxylic acids is 1. The van der Waals surface area contributed by atoms with Gasteiger partial charge in [0.05, 0.1) is 5.56 Å². The van der Waals surface area contributed by atoms with Crippen molar-refractivity contribution in [3.8, 4) is 16.9 Å². The quantitative estimate of drug-likeness (QED) is 0.195. The molecule has 1 unspecified atom stereocenters. The van der Waals surface area contributed by atoms with E-state index in [2.05, 4.69) is 48.5 Å². The minimum absolute atomic E-state index is 0.